The Hall–Kier alpha value is -3.32. The van der Waals surface area contributed by atoms with E-state index in [0.717, 1.165) is 17.5 Å². The fourth-order valence-electron chi connectivity index (χ4n) is 3.34. The second-order valence-electron chi connectivity index (χ2n) is 7.54. The fourth-order valence-corrected chi connectivity index (χ4v) is 3.54. The van der Waals surface area contributed by atoms with Gasteiger partial charge in [-0.25, -0.2) is 14.4 Å². The molecule has 1 N–H and O–H groups in total. The summed E-state index contributed by atoms with van der Waals surface area (Å²) in [7, 11) is 0. The Balaban J connectivity index is 1.73. The maximum atomic E-state index is 12.9. The lowest BCUT2D eigenvalue weighted by atomic mass is 10.1. The molecular formula is C25H26ClNO6. The highest BCUT2D eigenvalue weighted by molar-refractivity contribution is 6.33. The molecule has 0 fully saturated rings. The van der Waals surface area contributed by atoms with E-state index in [4.69, 9.17) is 25.5 Å². The van der Waals surface area contributed by atoms with Crippen LogP contribution in [0, 0.1) is 0 Å². The summed E-state index contributed by atoms with van der Waals surface area (Å²) in [4.78, 5) is 37.0. The second-order valence-corrected chi connectivity index (χ2v) is 7.95. The number of rotatable bonds is 9. The van der Waals surface area contributed by atoms with Gasteiger partial charge in [-0.1, -0.05) is 68.6 Å². The van der Waals surface area contributed by atoms with Crippen molar-refractivity contribution in [1.82, 2.24) is 5.32 Å². The molecular weight excluding hydrogens is 446 g/mol. The van der Waals surface area contributed by atoms with Crippen molar-refractivity contribution in [3.8, 4) is 5.75 Å². The van der Waals surface area contributed by atoms with Crippen LogP contribution < -0.4 is 15.7 Å². The molecule has 0 aliphatic heterocycles. The summed E-state index contributed by atoms with van der Waals surface area (Å²) in [5, 5.41) is 3.44. The van der Waals surface area contributed by atoms with E-state index in [1.807, 2.05) is 44.2 Å². The first kappa shape index (κ1) is 24.3. The van der Waals surface area contributed by atoms with Crippen molar-refractivity contribution < 1.29 is 23.5 Å². The third-order valence-corrected chi connectivity index (χ3v) is 5.41. The van der Waals surface area contributed by atoms with Gasteiger partial charge < -0.3 is 19.2 Å². The fraction of sp³-hybridized carbons (Fsp3) is 0.320. The molecule has 1 aromatic heterocycles. The summed E-state index contributed by atoms with van der Waals surface area (Å²) >= 11 is 6.34. The highest BCUT2D eigenvalue weighted by Crippen LogP contribution is 2.31. The van der Waals surface area contributed by atoms with E-state index < -0.39 is 23.7 Å². The van der Waals surface area contributed by atoms with Crippen LogP contribution in [0.2, 0.25) is 5.02 Å². The molecule has 2 aromatic carbocycles. The number of hydrogen-bond donors (Lipinski definition) is 1. The molecule has 3 aromatic rings. The molecule has 1 heterocycles. The van der Waals surface area contributed by atoms with Crippen LogP contribution >= 0.6 is 11.6 Å². The largest absolute Gasteiger partial charge is 0.445 e. The van der Waals surface area contributed by atoms with Gasteiger partial charge in [0.15, 0.2) is 5.75 Å². The molecule has 1 amide bonds. The van der Waals surface area contributed by atoms with Gasteiger partial charge in [0.25, 0.3) is 0 Å². The Labute approximate surface area is 196 Å². The maximum absolute atomic E-state index is 12.9. The first-order valence-electron chi connectivity index (χ1n) is 10.9. The van der Waals surface area contributed by atoms with Crippen LogP contribution in [0.25, 0.3) is 11.0 Å². The standard InChI is InChI=1S/C25H26ClNO6/c1-3-5-11-20(27-25(30)31-15-16-9-7-6-8-10-16)24(29)33-22-14-21-18(13-19(22)26)17(4-2)12-23(28)32-21/h6-10,12-14,20H,3-5,11,15H2,1-2H3,(H,27,30). The molecule has 0 saturated heterocycles. The summed E-state index contributed by atoms with van der Waals surface area (Å²) in [6.07, 6.45) is 1.78. The third-order valence-electron chi connectivity index (χ3n) is 5.11. The van der Waals surface area contributed by atoms with Gasteiger partial charge in [0.2, 0.25) is 0 Å². The van der Waals surface area contributed by atoms with Crippen molar-refractivity contribution in [1.29, 1.82) is 0 Å². The highest BCUT2D eigenvalue weighted by Gasteiger charge is 2.24. The van der Waals surface area contributed by atoms with E-state index >= 15 is 0 Å². The average molecular weight is 472 g/mol. The Morgan fingerprint density at radius 2 is 1.88 bits per heavy atom. The zero-order valence-electron chi connectivity index (χ0n) is 18.6. The molecule has 0 aliphatic rings. The summed E-state index contributed by atoms with van der Waals surface area (Å²) < 4.78 is 16.0. The van der Waals surface area contributed by atoms with Crippen LogP contribution in [-0.4, -0.2) is 18.1 Å². The number of benzene rings is 2. The second kappa shape index (κ2) is 11.5. The number of alkyl carbamates (subject to hydrolysis) is 1. The highest BCUT2D eigenvalue weighted by atomic mass is 35.5. The molecule has 7 nitrogen and oxygen atoms in total. The number of carbonyl (C=O) groups is 2. The van der Waals surface area contributed by atoms with Crippen LogP contribution in [0.3, 0.4) is 0 Å². The molecule has 0 bridgehead atoms. The van der Waals surface area contributed by atoms with Gasteiger partial charge in [-0.05, 0) is 30.0 Å². The summed E-state index contributed by atoms with van der Waals surface area (Å²) in [6, 6.07) is 12.7. The summed E-state index contributed by atoms with van der Waals surface area (Å²) in [5.74, 6) is -0.637. The van der Waals surface area contributed by atoms with Crippen molar-refractivity contribution in [3.63, 3.8) is 0 Å². The van der Waals surface area contributed by atoms with Gasteiger partial charge in [0.05, 0.1) is 5.02 Å². The van der Waals surface area contributed by atoms with Gasteiger partial charge in [-0.3, -0.25) is 0 Å². The lowest BCUT2D eigenvalue weighted by Crippen LogP contribution is -2.43. The molecule has 0 radical (unpaired) electrons. The molecule has 0 spiro atoms. The normalized spacial score (nSPS) is 11.7. The SMILES string of the molecule is CCCCC(NC(=O)OCc1ccccc1)C(=O)Oc1cc2oc(=O)cc(CC)c2cc1Cl. The number of nitrogens with one attached hydrogen (secondary N) is 1. The van der Waals surface area contributed by atoms with Crippen molar-refractivity contribution in [2.75, 3.05) is 0 Å². The number of amides is 1. The Bertz CT molecular complexity index is 1170. The van der Waals surface area contributed by atoms with Crippen LogP contribution in [0.4, 0.5) is 4.79 Å². The van der Waals surface area contributed by atoms with Gasteiger partial charge >= 0.3 is 17.7 Å². The molecule has 1 atom stereocenters. The quantitative estimate of drug-likeness (QED) is 0.255. The first-order valence-corrected chi connectivity index (χ1v) is 11.2. The van der Waals surface area contributed by atoms with Crippen LogP contribution in [0.15, 0.2) is 57.7 Å². The number of ether oxygens (including phenoxy) is 2. The lowest BCUT2D eigenvalue weighted by molar-refractivity contribution is -0.136. The van der Waals surface area contributed by atoms with E-state index in [0.29, 0.717) is 24.6 Å². The molecule has 0 saturated carbocycles. The lowest BCUT2D eigenvalue weighted by Gasteiger charge is -2.18. The maximum Gasteiger partial charge on any atom is 0.408 e. The van der Waals surface area contributed by atoms with E-state index in [1.165, 1.54) is 12.1 Å². The van der Waals surface area contributed by atoms with Crippen molar-refractivity contribution in [2.45, 2.75) is 52.2 Å². The number of unbranched alkanes of at least 4 members (excludes halogenated alkanes) is 1. The number of hydrogen-bond acceptors (Lipinski definition) is 6. The van der Waals surface area contributed by atoms with Crippen molar-refractivity contribution in [2.24, 2.45) is 0 Å². The monoisotopic (exact) mass is 471 g/mol. The van der Waals surface area contributed by atoms with Gasteiger partial charge in [0, 0.05) is 17.5 Å². The van der Waals surface area contributed by atoms with E-state index in [2.05, 4.69) is 5.32 Å². The molecule has 1 unspecified atom stereocenters. The smallest absolute Gasteiger partial charge is 0.408 e. The van der Waals surface area contributed by atoms with Crippen LogP contribution in [0.5, 0.6) is 5.75 Å². The predicted octanol–water partition coefficient (Wildman–Crippen LogP) is 5.40. The van der Waals surface area contributed by atoms with Crippen LogP contribution in [-0.2, 0) is 22.6 Å². The summed E-state index contributed by atoms with van der Waals surface area (Å²) in [6.45, 7) is 3.97. The molecule has 0 aliphatic carbocycles. The number of esters is 1. The predicted molar refractivity (Wildman–Crippen MR) is 126 cm³/mol. The third kappa shape index (κ3) is 6.58. The zero-order chi connectivity index (χ0) is 23.8. The van der Waals surface area contributed by atoms with Crippen molar-refractivity contribution in [3.05, 3.63) is 75.1 Å². The Morgan fingerprint density at radius 1 is 1.12 bits per heavy atom. The number of fused-ring (bicyclic) bond motifs is 1. The van der Waals surface area contributed by atoms with Gasteiger partial charge in [-0.15, -0.1) is 0 Å². The topological polar surface area (TPSA) is 94.8 Å². The first-order chi connectivity index (χ1) is 15.9. The minimum Gasteiger partial charge on any atom is -0.445 e. The average Bonchev–Trinajstić information content (AvgIpc) is 2.81. The van der Waals surface area contributed by atoms with E-state index in [-0.39, 0.29) is 23.0 Å². The number of aryl methyl sites for hydroxylation is 1. The molecule has 33 heavy (non-hydrogen) atoms. The van der Waals surface area contributed by atoms with Gasteiger partial charge in [0.1, 0.15) is 18.2 Å². The molecule has 8 heteroatoms. The minimum absolute atomic E-state index is 0.0477. The Kier molecular flexibility index (Phi) is 8.49. The number of carbonyl (C=O) groups excluding carboxylic acids is 2. The summed E-state index contributed by atoms with van der Waals surface area (Å²) in [5.41, 5.74) is 1.38. The van der Waals surface area contributed by atoms with Crippen LogP contribution in [0.1, 0.15) is 44.2 Å². The minimum atomic E-state index is -0.922. The van der Waals surface area contributed by atoms with Crippen molar-refractivity contribution >= 4 is 34.6 Å². The molecule has 3 rings (SSSR count). The number of halogens is 1. The Morgan fingerprint density at radius 3 is 2.58 bits per heavy atom. The van der Waals surface area contributed by atoms with Gasteiger partial charge in [-0.2, -0.15) is 0 Å². The van der Waals surface area contributed by atoms with E-state index in [9.17, 15) is 14.4 Å². The zero-order valence-corrected chi connectivity index (χ0v) is 19.3. The molecule has 174 valence electrons. The van der Waals surface area contributed by atoms with E-state index in [1.54, 1.807) is 6.07 Å².